The number of hydrogen-bond donors (Lipinski definition) is 0. The number of hydrogen-bond acceptors (Lipinski definition) is 0. The van der Waals surface area contributed by atoms with Gasteiger partial charge >= 0.3 is 26.2 Å². The third-order valence-electron chi connectivity index (χ3n) is 8.91. The van der Waals surface area contributed by atoms with Crippen molar-refractivity contribution < 1.29 is 26.2 Å². The standard InChI is InChI=1S/C20H40Si.C9H24N2Si2.Zr/c1-19(2,3)15-9-11-17(13-15)21(7,8)18-12-10-16(14-18)20(4,5)6;1-12(2,3)10-8-7-9-11-13(4,5)6;/h15-18H,9-14H2,1-8H3;7-9H2,1-6H3;/q;-2;+4. The molecule has 35 heavy (non-hydrogen) atoms. The summed E-state index contributed by atoms with van der Waals surface area (Å²) >= 11 is 0. The first-order chi connectivity index (χ1) is 15.1. The average Bonchev–Trinajstić information content (AvgIpc) is 3.29. The van der Waals surface area contributed by atoms with Gasteiger partial charge in [-0.15, -0.1) is 0 Å². The molecule has 0 aromatic heterocycles. The Balaban J connectivity index is 0.000000720. The molecule has 0 amide bonds. The molecule has 2 aliphatic carbocycles. The van der Waals surface area contributed by atoms with E-state index >= 15 is 0 Å². The fourth-order valence-corrected chi connectivity index (χ4v) is 12.1. The van der Waals surface area contributed by atoms with E-state index in [9.17, 15) is 0 Å². The Bertz CT molecular complexity index is 547. The predicted molar refractivity (Wildman–Crippen MR) is 166 cm³/mol. The minimum atomic E-state index is -1.16. The molecule has 0 N–H and O–H groups in total. The maximum absolute atomic E-state index is 4.67. The monoisotopic (exact) mass is 614 g/mol. The van der Waals surface area contributed by atoms with Gasteiger partial charge in [0.2, 0.25) is 0 Å². The molecule has 0 spiro atoms. The van der Waals surface area contributed by atoms with Crippen LogP contribution in [0.3, 0.4) is 0 Å². The SMILES string of the molecule is CC(C)(C)C1CCC([Si](C)(C)C2CCC(C(C)(C)C)C2)C1.C[Si](C)(C)[N-]CCC[N-][Si](C)(C)C.[Zr+4]. The topological polar surface area (TPSA) is 28.2 Å². The molecule has 2 rings (SSSR count). The number of rotatable bonds is 8. The Labute approximate surface area is 245 Å². The Morgan fingerprint density at radius 1 is 0.571 bits per heavy atom. The van der Waals surface area contributed by atoms with Gasteiger partial charge in [-0.1, -0.05) is 130 Å². The zero-order valence-electron chi connectivity index (χ0n) is 26.6. The molecular formula is C29H64N2Si3Zr+2. The summed E-state index contributed by atoms with van der Waals surface area (Å²) in [7, 11) is -3.40. The summed E-state index contributed by atoms with van der Waals surface area (Å²) in [5.41, 5.74) is 3.27. The van der Waals surface area contributed by atoms with Crippen molar-refractivity contribution in [3.8, 4) is 0 Å². The van der Waals surface area contributed by atoms with Crippen molar-refractivity contribution in [2.45, 2.75) is 150 Å². The van der Waals surface area contributed by atoms with Gasteiger partial charge in [-0.25, -0.2) is 0 Å². The van der Waals surface area contributed by atoms with E-state index in [0.717, 1.165) is 42.4 Å². The maximum atomic E-state index is 4.67. The van der Waals surface area contributed by atoms with Gasteiger partial charge in [-0.3, -0.25) is 0 Å². The number of nitrogens with zero attached hydrogens (tertiary/aromatic N) is 2. The average molecular weight is 616 g/mol. The molecule has 0 saturated heterocycles. The quantitative estimate of drug-likeness (QED) is 0.192. The molecule has 6 heteroatoms. The smallest absolute Gasteiger partial charge is 0.665 e. The first kappa shape index (κ1) is 36.5. The second-order valence-electron chi connectivity index (χ2n) is 16.4. The summed E-state index contributed by atoms with van der Waals surface area (Å²) in [5, 5.41) is 0. The Morgan fingerprint density at radius 3 is 1.11 bits per heavy atom. The minimum Gasteiger partial charge on any atom is -0.665 e. The van der Waals surface area contributed by atoms with Crippen molar-refractivity contribution in [2.24, 2.45) is 22.7 Å². The van der Waals surface area contributed by atoms with Crippen LogP contribution in [0.15, 0.2) is 0 Å². The van der Waals surface area contributed by atoms with Crippen LogP contribution in [0, 0.1) is 22.7 Å². The Hall–Kier alpha value is 1.45. The van der Waals surface area contributed by atoms with Crippen LogP contribution in [-0.2, 0) is 26.2 Å². The fourth-order valence-electron chi connectivity index (χ4n) is 6.12. The van der Waals surface area contributed by atoms with Crippen molar-refractivity contribution in [3.63, 3.8) is 0 Å². The normalized spacial score (nSPS) is 26.2. The van der Waals surface area contributed by atoms with Gasteiger partial charge in [0, 0.05) is 0 Å². The van der Waals surface area contributed by atoms with Crippen LogP contribution in [-0.4, -0.2) is 37.6 Å². The molecular weight excluding hydrogens is 552 g/mol. The second-order valence-corrected chi connectivity index (χ2v) is 31.0. The van der Waals surface area contributed by atoms with Gasteiger partial charge < -0.3 is 9.96 Å². The van der Waals surface area contributed by atoms with Crippen LogP contribution in [0.1, 0.15) is 86.5 Å². The van der Waals surface area contributed by atoms with Crippen LogP contribution >= 0.6 is 0 Å². The maximum Gasteiger partial charge on any atom is 4.00 e. The summed E-state index contributed by atoms with van der Waals surface area (Å²) in [6.45, 7) is 35.9. The predicted octanol–water partition coefficient (Wildman–Crippen LogP) is 10.9. The van der Waals surface area contributed by atoms with E-state index < -0.39 is 24.5 Å². The van der Waals surface area contributed by atoms with Crippen molar-refractivity contribution in [3.05, 3.63) is 9.96 Å². The van der Waals surface area contributed by atoms with Gasteiger partial charge in [-0.05, 0) is 59.4 Å². The van der Waals surface area contributed by atoms with Crippen LogP contribution in [0.25, 0.3) is 9.96 Å². The van der Waals surface area contributed by atoms with Gasteiger partial charge in [0.05, 0.1) is 8.07 Å². The molecule has 0 bridgehead atoms. The largest absolute Gasteiger partial charge is 4.00 e. The summed E-state index contributed by atoms with van der Waals surface area (Å²) in [6, 6.07) is 0. The van der Waals surface area contributed by atoms with E-state index in [1.807, 2.05) is 0 Å². The van der Waals surface area contributed by atoms with E-state index in [-0.39, 0.29) is 26.2 Å². The zero-order valence-corrected chi connectivity index (χ0v) is 32.0. The van der Waals surface area contributed by atoms with Gasteiger partial charge in [0.15, 0.2) is 0 Å². The first-order valence-electron chi connectivity index (χ1n) is 14.5. The molecule has 4 atom stereocenters. The molecule has 0 aromatic rings. The van der Waals surface area contributed by atoms with Crippen molar-refractivity contribution in [2.75, 3.05) is 13.1 Å². The summed E-state index contributed by atoms with van der Waals surface area (Å²) in [5.74, 6) is 1.96. The zero-order chi connectivity index (χ0) is 26.6. The van der Waals surface area contributed by atoms with E-state index in [1.165, 1.54) is 25.7 Å². The third-order valence-corrected chi connectivity index (χ3v) is 16.5. The molecule has 2 nitrogen and oxygen atoms in total. The second kappa shape index (κ2) is 14.2. The van der Waals surface area contributed by atoms with E-state index in [0.29, 0.717) is 10.8 Å². The third kappa shape index (κ3) is 13.9. The molecule has 2 saturated carbocycles. The molecule has 0 radical (unpaired) electrons. The van der Waals surface area contributed by atoms with Crippen LogP contribution in [0.4, 0.5) is 0 Å². The van der Waals surface area contributed by atoms with Crippen molar-refractivity contribution in [1.82, 2.24) is 0 Å². The minimum absolute atomic E-state index is 0. The van der Waals surface area contributed by atoms with Crippen LogP contribution in [0.5, 0.6) is 0 Å². The van der Waals surface area contributed by atoms with Gasteiger partial charge in [0.25, 0.3) is 0 Å². The molecule has 2 fully saturated rings. The molecule has 0 aromatic carbocycles. The molecule has 204 valence electrons. The van der Waals surface area contributed by atoms with Gasteiger partial charge in [-0.2, -0.15) is 13.1 Å². The van der Waals surface area contributed by atoms with E-state index in [2.05, 4.69) is 104 Å². The van der Waals surface area contributed by atoms with Crippen LogP contribution in [0.2, 0.25) is 63.5 Å². The van der Waals surface area contributed by atoms with Crippen LogP contribution < -0.4 is 0 Å². The fraction of sp³-hybridized carbons (Fsp3) is 1.00. The first-order valence-corrected chi connectivity index (χ1v) is 24.5. The molecule has 4 unspecified atom stereocenters. The summed E-state index contributed by atoms with van der Waals surface area (Å²) in [6.07, 6.45) is 10.3. The van der Waals surface area contributed by atoms with Crippen molar-refractivity contribution in [1.29, 1.82) is 0 Å². The van der Waals surface area contributed by atoms with Gasteiger partial charge in [0.1, 0.15) is 0 Å². The van der Waals surface area contributed by atoms with E-state index in [1.54, 1.807) is 12.8 Å². The Morgan fingerprint density at radius 2 is 0.886 bits per heavy atom. The molecule has 0 aliphatic heterocycles. The molecule has 2 aliphatic rings. The summed E-state index contributed by atoms with van der Waals surface area (Å²) in [4.78, 5) is 9.34. The van der Waals surface area contributed by atoms with Crippen molar-refractivity contribution >= 4 is 24.5 Å². The summed E-state index contributed by atoms with van der Waals surface area (Å²) < 4.78 is 0. The Kier molecular flexibility index (Phi) is 14.8. The molecule has 0 heterocycles. The van der Waals surface area contributed by atoms with E-state index in [4.69, 9.17) is 0 Å².